The zero-order chi connectivity index (χ0) is 20.8. The Bertz CT molecular complexity index is 1100. The summed E-state index contributed by atoms with van der Waals surface area (Å²) < 4.78 is 7.97. The second-order valence-electron chi connectivity index (χ2n) is 6.87. The maximum atomic E-state index is 6.44. The Labute approximate surface area is 185 Å². The summed E-state index contributed by atoms with van der Waals surface area (Å²) in [6, 6.07) is 26.1. The Morgan fingerprint density at radius 3 is 2.40 bits per heavy atom. The summed E-state index contributed by atoms with van der Waals surface area (Å²) in [5.74, 6) is 2.42. The van der Waals surface area contributed by atoms with Crippen molar-refractivity contribution >= 4 is 23.4 Å². The number of ether oxygens (including phenoxy) is 1. The van der Waals surface area contributed by atoms with Gasteiger partial charge in [-0.25, -0.2) is 0 Å². The molecule has 0 spiro atoms. The normalized spacial score (nSPS) is 10.9. The maximum Gasteiger partial charge on any atom is 0.191 e. The fourth-order valence-corrected chi connectivity index (χ4v) is 4.05. The van der Waals surface area contributed by atoms with Crippen molar-refractivity contribution in [3.05, 3.63) is 95.0 Å². The predicted molar refractivity (Wildman–Crippen MR) is 123 cm³/mol. The zero-order valence-electron chi connectivity index (χ0n) is 16.7. The molecule has 0 aliphatic heterocycles. The van der Waals surface area contributed by atoms with Gasteiger partial charge >= 0.3 is 0 Å². The summed E-state index contributed by atoms with van der Waals surface area (Å²) in [5.41, 5.74) is 3.28. The van der Waals surface area contributed by atoms with Crippen LogP contribution < -0.4 is 4.74 Å². The number of thioether (sulfide) groups is 1. The molecule has 0 saturated heterocycles. The Balaban J connectivity index is 1.51. The van der Waals surface area contributed by atoms with Crippen LogP contribution in [0.4, 0.5) is 0 Å². The van der Waals surface area contributed by atoms with Crippen LogP contribution in [0.3, 0.4) is 0 Å². The Morgan fingerprint density at radius 2 is 1.63 bits per heavy atom. The number of hydrogen-bond donors (Lipinski definition) is 0. The van der Waals surface area contributed by atoms with Crippen LogP contribution in [0.5, 0.6) is 5.75 Å². The number of nitrogens with zero attached hydrogens (tertiary/aromatic N) is 3. The van der Waals surface area contributed by atoms with Gasteiger partial charge in [-0.3, -0.25) is 4.57 Å². The Kier molecular flexibility index (Phi) is 6.72. The number of benzene rings is 3. The molecular formula is C24H22ClN3OS. The average molecular weight is 436 g/mol. The molecule has 3 aromatic carbocycles. The molecule has 0 aliphatic rings. The second-order valence-corrected chi connectivity index (χ2v) is 8.34. The number of aryl methyl sites for hydroxylation is 1. The molecule has 1 heterocycles. The highest BCUT2D eigenvalue weighted by atomic mass is 35.5. The number of hydrogen-bond acceptors (Lipinski definition) is 4. The van der Waals surface area contributed by atoms with E-state index in [1.807, 2.05) is 54.6 Å². The second kappa shape index (κ2) is 9.83. The van der Waals surface area contributed by atoms with Crippen molar-refractivity contribution in [1.82, 2.24) is 14.8 Å². The molecule has 0 radical (unpaired) electrons. The molecule has 4 nitrogen and oxygen atoms in total. The lowest BCUT2D eigenvalue weighted by Gasteiger charge is -2.11. The first kappa shape index (κ1) is 20.5. The third-order valence-corrected chi connectivity index (χ3v) is 5.88. The van der Waals surface area contributed by atoms with Crippen LogP contribution in [0, 0.1) is 6.92 Å². The molecule has 152 valence electrons. The van der Waals surface area contributed by atoms with Crippen molar-refractivity contribution in [2.24, 2.45) is 0 Å². The highest BCUT2D eigenvalue weighted by molar-refractivity contribution is 7.99. The molecule has 0 bridgehead atoms. The molecule has 0 fully saturated rings. The Hall–Kier alpha value is -2.76. The largest absolute Gasteiger partial charge is 0.493 e. The van der Waals surface area contributed by atoms with Gasteiger partial charge in [0.25, 0.3) is 0 Å². The van der Waals surface area contributed by atoms with Crippen molar-refractivity contribution in [2.75, 3.05) is 12.4 Å². The van der Waals surface area contributed by atoms with Gasteiger partial charge < -0.3 is 4.74 Å². The highest BCUT2D eigenvalue weighted by Gasteiger charge is 2.16. The minimum Gasteiger partial charge on any atom is -0.493 e. The zero-order valence-corrected chi connectivity index (χ0v) is 18.2. The van der Waals surface area contributed by atoms with E-state index in [-0.39, 0.29) is 0 Å². The molecule has 30 heavy (non-hydrogen) atoms. The molecule has 1 aromatic heterocycles. The Morgan fingerprint density at radius 1 is 0.900 bits per heavy atom. The van der Waals surface area contributed by atoms with Crippen LogP contribution >= 0.6 is 23.4 Å². The number of halogens is 1. The van der Waals surface area contributed by atoms with Gasteiger partial charge in [0.05, 0.1) is 18.2 Å². The van der Waals surface area contributed by atoms with Gasteiger partial charge in [0, 0.05) is 11.3 Å². The van der Waals surface area contributed by atoms with Gasteiger partial charge in [-0.1, -0.05) is 83.5 Å². The van der Waals surface area contributed by atoms with Crippen LogP contribution in [0.15, 0.2) is 84.0 Å². The summed E-state index contributed by atoms with van der Waals surface area (Å²) in [6.45, 7) is 3.33. The van der Waals surface area contributed by atoms with Crippen molar-refractivity contribution < 1.29 is 4.74 Å². The van der Waals surface area contributed by atoms with Gasteiger partial charge in [0.1, 0.15) is 5.75 Å². The number of aromatic nitrogens is 3. The molecule has 0 aliphatic carbocycles. The molecule has 0 saturated carbocycles. The third-order valence-electron chi connectivity index (χ3n) is 4.62. The SMILES string of the molecule is Cc1ccc(OCCSc2nnc(-c3ccccc3Cl)n2Cc2ccccc2)cc1. The molecule has 4 rings (SSSR count). The summed E-state index contributed by atoms with van der Waals surface area (Å²) in [7, 11) is 0. The first-order valence-electron chi connectivity index (χ1n) is 9.75. The molecule has 6 heteroatoms. The minimum absolute atomic E-state index is 0.591. The molecule has 0 unspecified atom stereocenters. The van der Waals surface area contributed by atoms with E-state index < -0.39 is 0 Å². The van der Waals surface area contributed by atoms with Crippen LogP contribution in [-0.4, -0.2) is 27.1 Å². The summed E-state index contributed by atoms with van der Waals surface area (Å²) >= 11 is 8.07. The highest BCUT2D eigenvalue weighted by Crippen LogP contribution is 2.30. The van der Waals surface area contributed by atoms with Crippen molar-refractivity contribution in [1.29, 1.82) is 0 Å². The lowest BCUT2D eigenvalue weighted by atomic mass is 10.2. The first-order valence-corrected chi connectivity index (χ1v) is 11.1. The van der Waals surface area contributed by atoms with Crippen molar-refractivity contribution in [3.8, 4) is 17.1 Å². The van der Waals surface area contributed by atoms with Crippen LogP contribution in [0.25, 0.3) is 11.4 Å². The first-order chi connectivity index (χ1) is 14.7. The van der Waals surface area contributed by atoms with E-state index in [0.717, 1.165) is 28.0 Å². The average Bonchev–Trinajstić information content (AvgIpc) is 3.16. The third kappa shape index (κ3) is 5.04. The van der Waals surface area contributed by atoms with Gasteiger partial charge in [0.2, 0.25) is 0 Å². The monoisotopic (exact) mass is 435 g/mol. The lowest BCUT2D eigenvalue weighted by molar-refractivity contribution is 0.343. The fraction of sp³-hybridized carbons (Fsp3) is 0.167. The predicted octanol–water partition coefficient (Wildman–Crippen LogP) is 6.13. The van der Waals surface area contributed by atoms with Crippen molar-refractivity contribution in [2.45, 2.75) is 18.6 Å². The quantitative estimate of drug-likeness (QED) is 0.246. The summed E-state index contributed by atoms with van der Waals surface area (Å²) in [5, 5.41) is 10.4. The van der Waals surface area contributed by atoms with E-state index in [4.69, 9.17) is 16.3 Å². The van der Waals surface area contributed by atoms with Crippen molar-refractivity contribution in [3.63, 3.8) is 0 Å². The maximum absolute atomic E-state index is 6.44. The van der Waals surface area contributed by atoms with Crippen LogP contribution in [-0.2, 0) is 6.54 Å². The topological polar surface area (TPSA) is 39.9 Å². The van der Waals surface area contributed by atoms with E-state index in [2.05, 4.69) is 46.0 Å². The standard InChI is InChI=1S/C24H22ClN3OS/c1-18-11-13-20(14-12-18)29-15-16-30-24-27-26-23(21-9-5-6-10-22(21)25)28(24)17-19-7-3-2-4-8-19/h2-14H,15-17H2,1H3. The fourth-order valence-electron chi connectivity index (χ4n) is 3.07. The number of rotatable bonds is 8. The lowest BCUT2D eigenvalue weighted by Crippen LogP contribution is -2.06. The van der Waals surface area contributed by atoms with E-state index in [1.54, 1.807) is 11.8 Å². The van der Waals surface area contributed by atoms with E-state index >= 15 is 0 Å². The van der Waals surface area contributed by atoms with E-state index in [0.29, 0.717) is 18.2 Å². The van der Waals surface area contributed by atoms with Crippen LogP contribution in [0.1, 0.15) is 11.1 Å². The van der Waals surface area contributed by atoms with E-state index in [1.165, 1.54) is 11.1 Å². The van der Waals surface area contributed by atoms with Gasteiger partial charge in [-0.15, -0.1) is 10.2 Å². The summed E-state index contributed by atoms with van der Waals surface area (Å²) in [4.78, 5) is 0. The summed E-state index contributed by atoms with van der Waals surface area (Å²) in [6.07, 6.45) is 0. The molecular weight excluding hydrogens is 414 g/mol. The molecule has 0 N–H and O–H groups in total. The van der Waals surface area contributed by atoms with E-state index in [9.17, 15) is 0 Å². The minimum atomic E-state index is 0.591. The molecule has 0 atom stereocenters. The van der Waals surface area contributed by atoms with Gasteiger partial charge in [-0.2, -0.15) is 0 Å². The van der Waals surface area contributed by atoms with Crippen LogP contribution in [0.2, 0.25) is 5.02 Å². The smallest absolute Gasteiger partial charge is 0.191 e. The van der Waals surface area contributed by atoms with Gasteiger partial charge in [-0.05, 0) is 36.8 Å². The molecule has 4 aromatic rings. The van der Waals surface area contributed by atoms with Gasteiger partial charge in [0.15, 0.2) is 11.0 Å². The molecule has 0 amide bonds.